The summed E-state index contributed by atoms with van der Waals surface area (Å²) in [5.74, 6) is 0. The van der Waals surface area contributed by atoms with E-state index in [1.54, 1.807) is 6.26 Å². The zero-order valence-electron chi connectivity index (χ0n) is 9.45. The lowest BCUT2D eigenvalue weighted by atomic mass is 9.74. The molecular weight excluding hydrogens is 204 g/mol. The zero-order valence-corrected chi connectivity index (χ0v) is 9.45. The highest BCUT2D eigenvalue weighted by molar-refractivity contribution is 4.98. The van der Waals surface area contributed by atoms with Crippen molar-refractivity contribution in [2.75, 3.05) is 6.61 Å². The van der Waals surface area contributed by atoms with Gasteiger partial charge in [-0.15, -0.1) is 0 Å². The van der Waals surface area contributed by atoms with Gasteiger partial charge in [0.25, 0.3) is 0 Å². The van der Waals surface area contributed by atoms with Crippen molar-refractivity contribution in [3.05, 3.63) is 18.0 Å². The third-order valence-corrected chi connectivity index (χ3v) is 3.82. The van der Waals surface area contributed by atoms with Gasteiger partial charge in [-0.1, -0.05) is 5.16 Å². The second-order valence-corrected chi connectivity index (χ2v) is 4.95. The molecule has 1 aromatic rings. The average Bonchev–Trinajstić information content (AvgIpc) is 2.77. The van der Waals surface area contributed by atoms with Gasteiger partial charge in [0.2, 0.25) is 0 Å². The minimum Gasteiger partial charge on any atom is -0.375 e. The first-order valence-electron chi connectivity index (χ1n) is 6.13. The maximum Gasteiger partial charge on any atom is 0.124 e. The van der Waals surface area contributed by atoms with E-state index in [0.717, 1.165) is 31.7 Å². The van der Waals surface area contributed by atoms with Crippen LogP contribution in [0, 0.1) is 0 Å². The summed E-state index contributed by atoms with van der Waals surface area (Å²) in [6.45, 7) is 1.70. The Bertz CT molecular complexity index is 333. The molecule has 0 bridgehead atoms. The molecule has 2 aliphatic rings. The molecule has 1 saturated heterocycles. The molecule has 1 saturated carbocycles. The van der Waals surface area contributed by atoms with Crippen LogP contribution in [-0.4, -0.2) is 23.4 Å². The van der Waals surface area contributed by atoms with E-state index < -0.39 is 0 Å². The van der Waals surface area contributed by atoms with E-state index in [1.165, 1.54) is 19.3 Å². The molecule has 4 heteroatoms. The van der Waals surface area contributed by atoms with Gasteiger partial charge >= 0.3 is 0 Å². The zero-order chi connectivity index (χ0) is 10.8. The highest BCUT2D eigenvalue weighted by Gasteiger charge is 2.42. The Morgan fingerprint density at radius 1 is 1.50 bits per heavy atom. The van der Waals surface area contributed by atoms with Crippen molar-refractivity contribution in [3.63, 3.8) is 0 Å². The summed E-state index contributed by atoms with van der Waals surface area (Å²) in [6.07, 6.45) is 7.71. The molecule has 0 amide bonds. The van der Waals surface area contributed by atoms with Crippen LogP contribution in [0.15, 0.2) is 16.9 Å². The summed E-state index contributed by atoms with van der Waals surface area (Å²) >= 11 is 0. The van der Waals surface area contributed by atoms with Gasteiger partial charge < -0.3 is 14.6 Å². The molecule has 1 atom stereocenters. The van der Waals surface area contributed by atoms with Gasteiger partial charge in [-0.2, -0.15) is 0 Å². The fraction of sp³-hybridized carbons (Fsp3) is 0.750. The van der Waals surface area contributed by atoms with E-state index in [2.05, 4.69) is 10.5 Å². The van der Waals surface area contributed by atoms with Gasteiger partial charge in [0, 0.05) is 25.3 Å². The largest absolute Gasteiger partial charge is 0.375 e. The van der Waals surface area contributed by atoms with Gasteiger partial charge in [0.15, 0.2) is 0 Å². The Morgan fingerprint density at radius 2 is 2.44 bits per heavy atom. The standard InChI is InChI=1S/C12H18N2O2/c1-4-12(5-1)8-10(2-6-15-12)13-9-11-3-7-16-14-11/h3,7,10,13H,1-2,4-6,8-9H2. The van der Waals surface area contributed by atoms with Crippen molar-refractivity contribution < 1.29 is 9.26 Å². The van der Waals surface area contributed by atoms with E-state index >= 15 is 0 Å². The first-order chi connectivity index (χ1) is 7.86. The lowest BCUT2D eigenvalue weighted by Gasteiger charge is -2.47. The molecule has 1 aliphatic carbocycles. The quantitative estimate of drug-likeness (QED) is 0.848. The molecule has 0 radical (unpaired) electrons. The molecule has 88 valence electrons. The normalized spacial score (nSPS) is 27.9. The summed E-state index contributed by atoms with van der Waals surface area (Å²) in [7, 11) is 0. The van der Waals surface area contributed by atoms with Crippen LogP contribution in [0.25, 0.3) is 0 Å². The van der Waals surface area contributed by atoms with Crippen LogP contribution in [0.5, 0.6) is 0 Å². The number of hydrogen-bond acceptors (Lipinski definition) is 4. The Hall–Kier alpha value is -0.870. The van der Waals surface area contributed by atoms with E-state index in [-0.39, 0.29) is 5.60 Å². The smallest absolute Gasteiger partial charge is 0.124 e. The average molecular weight is 222 g/mol. The van der Waals surface area contributed by atoms with Crippen LogP contribution < -0.4 is 5.32 Å². The number of aromatic nitrogens is 1. The van der Waals surface area contributed by atoms with Gasteiger partial charge in [0.1, 0.15) is 6.26 Å². The van der Waals surface area contributed by atoms with Gasteiger partial charge in [-0.05, 0) is 32.1 Å². The molecule has 1 N–H and O–H groups in total. The molecule has 4 nitrogen and oxygen atoms in total. The second kappa shape index (κ2) is 4.18. The van der Waals surface area contributed by atoms with Crippen molar-refractivity contribution >= 4 is 0 Å². The maximum atomic E-state index is 5.89. The van der Waals surface area contributed by atoms with E-state index in [4.69, 9.17) is 9.26 Å². The Kier molecular flexibility index (Phi) is 2.69. The minimum atomic E-state index is 0.222. The third-order valence-electron chi connectivity index (χ3n) is 3.82. The van der Waals surface area contributed by atoms with Gasteiger partial charge in [-0.3, -0.25) is 0 Å². The number of nitrogens with zero attached hydrogens (tertiary/aromatic N) is 1. The van der Waals surface area contributed by atoms with Gasteiger partial charge in [0.05, 0.1) is 11.3 Å². The molecule has 1 aromatic heterocycles. The van der Waals surface area contributed by atoms with Crippen molar-refractivity contribution in [1.82, 2.24) is 10.5 Å². The number of nitrogens with one attached hydrogen (secondary N) is 1. The lowest BCUT2D eigenvalue weighted by Crippen LogP contribution is -2.50. The molecular formula is C12H18N2O2. The minimum absolute atomic E-state index is 0.222. The summed E-state index contributed by atoms with van der Waals surface area (Å²) in [6, 6.07) is 2.48. The van der Waals surface area contributed by atoms with E-state index in [0.29, 0.717) is 6.04 Å². The first kappa shape index (κ1) is 10.3. The van der Waals surface area contributed by atoms with Crippen molar-refractivity contribution in [1.29, 1.82) is 0 Å². The van der Waals surface area contributed by atoms with Crippen molar-refractivity contribution in [2.45, 2.75) is 50.3 Å². The predicted octanol–water partition coefficient (Wildman–Crippen LogP) is 1.87. The molecule has 1 aliphatic heterocycles. The third kappa shape index (κ3) is 1.99. The summed E-state index contributed by atoms with van der Waals surface area (Å²) in [5, 5.41) is 7.45. The Morgan fingerprint density at radius 3 is 3.12 bits per heavy atom. The van der Waals surface area contributed by atoms with Crippen LogP contribution in [0.4, 0.5) is 0 Å². The van der Waals surface area contributed by atoms with Crippen LogP contribution in [0.3, 0.4) is 0 Å². The summed E-state index contributed by atoms with van der Waals surface area (Å²) < 4.78 is 10.7. The maximum absolute atomic E-state index is 5.89. The highest BCUT2D eigenvalue weighted by Crippen LogP contribution is 2.42. The van der Waals surface area contributed by atoms with Crippen LogP contribution in [-0.2, 0) is 11.3 Å². The molecule has 0 aromatic carbocycles. The van der Waals surface area contributed by atoms with Crippen molar-refractivity contribution in [2.24, 2.45) is 0 Å². The monoisotopic (exact) mass is 222 g/mol. The molecule has 1 unspecified atom stereocenters. The number of ether oxygens (including phenoxy) is 1. The topological polar surface area (TPSA) is 47.3 Å². The first-order valence-corrected chi connectivity index (χ1v) is 6.13. The van der Waals surface area contributed by atoms with Crippen LogP contribution in [0.2, 0.25) is 0 Å². The molecule has 2 heterocycles. The van der Waals surface area contributed by atoms with Crippen LogP contribution in [0.1, 0.15) is 37.8 Å². The van der Waals surface area contributed by atoms with Crippen molar-refractivity contribution in [3.8, 4) is 0 Å². The SMILES string of the molecule is c1cc(CNC2CCOC3(CCC3)C2)no1. The molecule has 3 rings (SSSR count). The van der Waals surface area contributed by atoms with Crippen LogP contribution >= 0.6 is 0 Å². The summed E-state index contributed by atoms with van der Waals surface area (Å²) in [4.78, 5) is 0. The predicted molar refractivity (Wildman–Crippen MR) is 58.9 cm³/mol. The Balaban J connectivity index is 1.51. The fourth-order valence-corrected chi connectivity index (χ4v) is 2.70. The number of rotatable bonds is 3. The molecule has 2 fully saturated rings. The fourth-order valence-electron chi connectivity index (χ4n) is 2.70. The molecule has 1 spiro atoms. The highest BCUT2D eigenvalue weighted by atomic mass is 16.5. The van der Waals surface area contributed by atoms with Gasteiger partial charge in [-0.25, -0.2) is 0 Å². The van der Waals surface area contributed by atoms with E-state index in [1.807, 2.05) is 6.07 Å². The number of hydrogen-bond donors (Lipinski definition) is 1. The second-order valence-electron chi connectivity index (χ2n) is 4.95. The van der Waals surface area contributed by atoms with E-state index in [9.17, 15) is 0 Å². The summed E-state index contributed by atoms with van der Waals surface area (Å²) in [5.41, 5.74) is 1.20. The Labute approximate surface area is 95.3 Å². The lowest BCUT2D eigenvalue weighted by molar-refractivity contribution is -0.135. The molecule has 16 heavy (non-hydrogen) atoms.